The van der Waals surface area contributed by atoms with Gasteiger partial charge in [0.25, 0.3) is 0 Å². The average molecular weight is 126 g/mol. The van der Waals surface area contributed by atoms with Crippen LogP contribution in [0.1, 0.15) is 13.3 Å². The van der Waals surface area contributed by atoms with E-state index in [-0.39, 0.29) is 11.7 Å². The van der Waals surface area contributed by atoms with Crippen LogP contribution in [-0.2, 0) is 4.79 Å². The molecule has 1 rings (SSSR count). The molecule has 1 aliphatic rings. The Bertz CT molecular complexity index is 149. The molecule has 0 aromatic rings. The second-order valence-corrected chi connectivity index (χ2v) is 2.47. The fraction of sp³-hybridized carbons (Fsp3) is 0.571. The molecule has 0 spiro atoms. The summed E-state index contributed by atoms with van der Waals surface area (Å²) in [4.78, 5) is 10.7. The Morgan fingerprint density at radius 2 is 2.44 bits per heavy atom. The highest BCUT2D eigenvalue weighted by molar-refractivity contribution is 5.92. The second kappa shape index (κ2) is 2.31. The van der Waals surface area contributed by atoms with E-state index < -0.39 is 6.10 Å². The van der Waals surface area contributed by atoms with Gasteiger partial charge in [-0.3, -0.25) is 4.79 Å². The van der Waals surface area contributed by atoms with E-state index in [0.717, 1.165) is 0 Å². The first-order valence-electron chi connectivity index (χ1n) is 3.10. The molecule has 0 aromatic heterocycles. The van der Waals surface area contributed by atoms with Gasteiger partial charge in [-0.15, -0.1) is 0 Å². The van der Waals surface area contributed by atoms with Gasteiger partial charge in [0.2, 0.25) is 0 Å². The lowest BCUT2D eigenvalue weighted by Crippen LogP contribution is -2.20. The zero-order valence-corrected chi connectivity index (χ0v) is 5.37. The van der Waals surface area contributed by atoms with Gasteiger partial charge in [0.15, 0.2) is 5.78 Å². The van der Waals surface area contributed by atoms with E-state index in [1.54, 1.807) is 6.08 Å². The van der Waals surface area contributed by atoms with Crippen molar-refractivity contribution in [1.29, 1.82) is 0 Å². The molecule has 1 N–H and O–H groups in total. The third kappa shape index (κ3) is 1.39. The maximum atomic E-state index is 10.7. The summed E-state index contributed by atoms with van der Waals surface area (Å²) in [6.07, 6.45) is 3.17. The minimum atomic E-state index is -0.405. The minimum Gasteiger partial charge on any atom is -0.389 e. The van der Waals surface area contributed by atoms with Crippen LogP contribution in [0.25, 0.3) is 0 Å². The van der Waals surface area contributed by atoms with Gasteiger partial charge >= 0.3 is 0 Å². The summed E-state index contributed by atoms with van der Waals surface area (Å²) in [5, 5.41) is 8.96. The molecule has 0 radical (unpaired) electrons. The Morgan fingerprint density at radius 3 is 2.89 bits per heavy atom. The summed E-state index contributed by atoms with van der Waals surface area (Å²) in [5.41, 5.74) is 0. The lowest BCUT2D eigenvalue weighted by Gasteiger charge is -2.14. The van der Waals surface area contributed by atoms with Crippen molar-refractivity contribution in [1.82, 2.24) is 0 Å². The van der Waals surface area contributed by atoms with Crippen molar-refractivity contribution in [3.05, 3.63) is 12.2 Å². The maximum absolute atomic E-state index is 10.7. The number of ketones is 1. The fourth-order valence-corrected chi connectivity index (χ4v) is 0.927. The predicted octanol–water partition coefficient (Wildman–Crippen LogP) is 0.512. The summed E-state index contributed by atoms with van der Waals surface area (Å²) >= 11 is 0. The first-order valence-corrected chi connectivity index (χ1v) is 3.10. The van der Waals surface area contributed by atoms with Gasteiger partial charge < -0.3 is 5.11 Å². The van der Waals surface area contributed by atoms with Crippen molar-refractivity contribution < 1.29 is 9.90 Å². The molecule has 2 atom stereocenters. The highest BCUT2D eigenvalue weighted by atomic mass is 16.3. The van der Waals surface area contributed by atoms with Crippen molar-refractivity contribution in [2.75, 3.05) is 0 Å². The summed E-state index contributed by atoms with van der Waals surface area (Å²) in [7, 11) is 0. The van der Waals surface area contributed by atoms with Crippen LogP contribution in [-0.4, -0.2) is 17.0 Å². The van der Waals surface area contributed by atoms with Crippen molar-refractivity contribution >= 4 is 5.78 Å². The summed E-state index contributed by atoms with van der Waals surface area (Å²) < 4.78 is 0. The molecular weight excluding hydrogens is 116 g/mol. The molecule has 0 heterocycles. The monoisotopic (exact) mass is 126 g/mol. The zero-order valence-electron chi connectivity index (χ0n) is 5.37. The van der Waals surface area contributed by atoms with Gasteiger partial charge in [0.1, 0.15) is 0 Å². The third-order valence-electron chi connectivity index (χ3n) is 1.56. The molecule has 0 bridgehead atoms. The number of carbonyl (C=O) groups excluding carboxylic acids is 1. The van der Waals surface area contributed by atoms with Crippen LogP contribution in [0.15, 0.2) is 12.2 Å². The lowest BCUT2D eigenvalue weighted by molar-refractivity contribution is -0.119. The van der Waals surface area contributed by atoms with Crippen LogP contribution in [0.2, 0.25) is 0 Å². The van der Waals surface area contributed by atoms with E-state index in [4.69, 9.17) is 5.11 Å². The van der Waals surface area contributed by atoms with Crippen LogP contribution in [0.3, 0.4) is 0 Å². The van der Waals surface area contributed by atoms with Crippen molar-refractivity contribution in [3.63, 3.8) is 0 Å². The molecule has 2 nitrogen and oxygen atoms in total. The molecule has 0 fully saturated rings. The number of aliphatic hydroxyl groups is 1. The Kier molecular flexibility index (Phi) is 1.67. The standard InChI is InChI=1S/C7H10O2/c1-5-4-6(8)2-3-7(5)9/h2-3,5-6,8H,4H2,1H3/t5-,6-/m1/s1. The van der Waals surface area contributed by atoms with Gasteiger partial charge in [-0.1, -0.05) is 13.0 Å². The molecule has 2 heteroatoms. The van der Waals surface area contributed by atoms with E-state index in [0.29, 0.717) is 6.42 Å². The SMILES string of the molecule is C[C@@H]1C[C@H](O)C=CC1=O. The Balaban J connectivity index is 2.65. The lowest BCUT2D eigenvalue weighted by atomic mass is 9.93. The molecule has 0 amide bonds. The molecular formula is C7H10O2. The summed E-state index contributed by atoms with van der Waals surface area (Å²) in [6.45, 7) is 1.83. The van der Waals surface area contributed by atoms with E-state index in [2.05, 4.69) is 0 Å². The molecule has 9 heavy (non-hydrogen) atoms. The predicted molar refractivity (Wildman–Crippen MR) is 33.9 cm³/mol. The zero-order chi connectivity index (χ0) is 6.85. The Hall–Kier alpha value is -0.630. The molecule has 50 valence electrons. The fourth-order valence-electron chi connectivity index (χ4n) is 0.927. The van der Waals surface area contributed by atoms with E-state index in [9.17, 15) is 4.79 Å². The molecule has 0 saturated heterocycles. The van der Waals surface area contributed by atoms with Gasteiger partial charge in [-0.25, -0.2) is 0 Å². The van der Waals surface area contributed by atoms with E-state index >= 15 is 0 Å². The Labute approximate surface area is 54.2 Å². The molecule has 0 aromatic carbocycles. The first-order chi connectivity index (χ1) is 4.20. The largest absolute Gasteiger partial charge is 0.389 e. The van der Waals surface area contributed by atoms with Crippen LogP contribution in [0.4, 0.5) is 0 Å². The minimum absolute atomic E-state index is 0.00463. The normalized spacial score (nSPS) is 35.1. The van der Waals surface area contributed by atoms with Gasteiger partial charge in [0, 0.05) is 5.92 Å². The number of hydrogen-bond acceptors (Lipinski definition) is 2. The Morgan fingerprint density at radius 1 is 1.78 bits per heavy atom. The van der Waals surface area contributed by atoms with Crippen molar-refractivity contribution in [3.8, 4) is 0 Å². The van der Waals surface area contributed by atoms with E-state index in [1.165, 1.54) is 6.08 Å². The first kappa shape index (κ1) is 6.49. The van der Waals surface area contributed by atoms with Gasteiger partial charge in [-0.2, -0.15) is 0 Å². The summed E-state index contributed by atoms with van der Waals surface area (Å²) in [6, 6.07) is 0. The smallest absolute Gasteiger partial charge is 0.158 e. The highest BCUT2D eigenvalue weighted by Gasteiger charge is 2.17. The topological polar surface area (TPSA) is 37.3 Å². The molecule has 1 aliphatic carbocycles. The molecule has 0 unspecified atom stereocenters. The van der Waals surface area contributed by atoms with Crippen LogP contribution >= 0.6 is 0 Å². The number of allylic oxidation sites excluding steroid dienone is 1. The summed E-state index contributed by atoms with van der Waals surface area (Å²) in [5.74, 6) is 0.130. The number of rotatable bonds is 0. The van der Waals surface area contributed by atoms with Crippen LogP contribution < -0.4 is 0 Å². The number of aliphatic hydroxyl groups excluding tert-OH is 1. The van der Waals surface area contributed by atoms with Crippen molar-refractivity contribution in [2.45, 2.75) is 19.4 Å². The quantitative estimate of drug-likeness (QED) is 0.513. The number of carbonyl (C=O) groups is 1. The highest BCUT2D eigenvalue weighted by Crippen LogP contribution is 2.13. The molecule has 0 saturated carbocycles. The van der Waals surface area contributed by atoms with Crippen molar-refractivity contribution in [2.24, 2.45) is 5.92 Å². The molecule has 0 aliphatic heterocycles. The second-order valence-electron chi connectivity index (χ2n) is 2.47. The van der Waals surface area contributed by atoms with Crippen LogP contribution in [0.5, 0.6) is 0 Å². The van der Waals surface area contributed by atoms with Gasteiger partial charge in [-0.05, 0) is 12.5 Å². The van der Waals surface area contributed by atoms with Crippen LogP contribution in [0, 0.1) is 5.92 Å². The van der Waals surface area contributed by atoms with E-state index in [1.807, 2.05) is 6.92 Å². The maximum Gasteiger partial charge on any atom is 0.158 e. The number of hydrogen-bond donors (Lipinski definition) is 1. The third-order valence-corrected chi connectivity index (χ3v) is 1.56. The van der Waals surface area contributed by atoms with Gasteiger partial charge in [0.05, 0.1) is 6.10 Å². The average Bonchev–Trinajstić information content (AvgIpc) is 1.80.